The molecule has 6 heteroatoms. The number of hydrogen-bond acceptors (Lipinski definition) is 4. The van der Waals surface area contributed by atoms with Crippen molar-refractivity contribution in [2.24, 2.45) is 0 Å². The van der Waals surface area contributed by atoms with Gasteiger partial charge in [0.1, 0.15) is 5.82 Å². The fraction of sp³-hybridized carbons (Fsp3) is 0.562. The summed E-state index contributed by atoms with van der Waals surface area (Å²) in [7, 11) is 1.95. The Morgan fingerprint density at radius 3 is 2.86 bits per heavy atom. The van der Waals surface area contributed by atoms with Gasteiger partial charge in [-0.3, -0.25) is 4.90 Å². The van der Waals surface area contributed by atoms with E-state index in [0.29, 0.717) is 0 Å². The second-order valence-corrected chi connectivity index (χ2v) is 6.09. The Labute approximate surface area is 136 Å². The van der Waals surface area contributed by atoms with Crippen LogP contribution >= 0.6 is 11.6 Å². The van der Waals surface area contributed by atoms with Gasteiger partial charge in [-0.05, 0) is 31.7 Å². The van der Waals surface area contributed by atoms with E-state index in [1.54, 1.807) is 0 Å². The van der Waals surface area contributed by atoms with Crippen molar-refractivity contribution in [3.8, 4) is 0 Å². The molecule has 0 saturated carbocycles. The summed E-state index contributed by atoms with van der Waals surface area (Å²) >= 11 is 6.15. The van der Waals surface area contributed by atoms with E-state index in [-0.39, 0.29) is 0 Å². The van der Waals surface area contributed by atoms with E-state index in [2.05, 4.69) is 14.8 Å². The number of morpholine rings is 1. The quantitative estimate of drug-likeness (QED) is 0.884. The molecule has 2 heterocycles. The molecular formula is C16H23ClN4O. The predicted molar refractivity (Wildman–Crippen MR) is 89.4 cm³/mol. The Bertz CT molecular complexity index is 622. The highest BCUT2D eigenvalue weighted by atomic mass is 35.5. The molecule has 5 nitrogen and oxygen atoms in total. The molecule has 0 amide bonds. The van der Waals surface area contributed by atoms with Gasteiger partial charge in [-0.15, -0.1) is 0 Å². The van der Waals surface area contributed by atoms with Crippen molar-refractivity contribution >= 4 is 22.6 Å². The largest absolute Gasteiger partial charge is 0.379 e. The summed E-state index contributed by atoms with van der Waals surface area (Å²) in [6.45, 7) is 6.63. The minimum atomic E-state index is 0.762. The molecule has 0 unspecified atom stereocenters. The number of fused-ring (bicyclic) bond motifs is 1. The predicted octanol–water partition coefficient (Wildman–Crippen LogP) is 2.13. The van der Waals surface area contributed by atoms with Crippen molar-refractivity contribution in [1.29, 1.82) is 0 Å². The van der Waals surface area contributed by atoms with Gasteiger partial charge in [0.25, 0.3) is 0 Å². The first-order valence-corrected chi connectivity index (χ1v) is 8.25. The van der Waals surface area contributed by atoms with Crippen molar-refractivity contribution in [1.82, 2.24) is 19.8 Å². The smallest absolute Gasteiger partial charge is 0.123 e. The lowest BCUT2D eigenvalue weighted by Crippen LogP contribution is -2.37. The van der Waals surface area contributed by atoms with Crippen LogP contribution in [-0.4, -0.2) is 54.3 Å². The van der Waals surface area contributed by atoms with E-state index in [1.807, 2.05) is 25.2 Å². The number of nitrogens with one attached hydrogen (secondary N) is 1. The van der Waals surface area contributed by atoms with Crippen LogP contribution in [0.2, 0.25) is 5.02 Å². The van der Waals surface area contributed by atoms with Crippen LogP contribution in [0, 0.1) is 0 Å². The third-order valence-electron chi connectivity index (χ3n) is 4.08. The molecule has 1 aromatic heterocycles. The van der Waals surface area contributed by atoms with Gasteiger partial charge >= 0.3 is 0 Å². The lowest BCUT2D eigenvalue weighted by Gasteiger charge is -2.26. The molecular weight excluding hydrogens is 300 g/mol. The summed E-state index contributed by atoms with van der Waals surface area (Å²) in [5.74, 6) is 1.07. The van der Waals surface area contributed by atoms with Gasteiger partial charge in [0.15, 0.2) is 0 Å². The van der Waals surface area contributed by atoms with Crippen molar-refractivity contribution in [2.45, 2.75) is 19.5 Å². The van der Waals surface area contributed by atoms with Crippen LogP contribution in [0.3, 0.4) is 0 Å². The molecule has 3 rings (SSSR count). The fourth-order valence-corrected chi connectivity index (χ4v) is 3.13. The Balaban J connectivity index is 1.72. The number of aromatic nitrogens is 2. The van der Waals surface area contributed by atoms with Crippen LogP contribution in [0.4, 0.5) is 0 Å². The van der Waals surface area contributed by atoms with E-state index in [1.165, 1.54) is 0 Å². The summed E-state index contributed by atoms with van der Waals surface area (Å²) in [5, 5.41) is 3.96. The summed E-state index contributed by atoms with van der Waals surface area (Å²) < 4.78 is 7.68. The second kappa shape index (κ2) is 7.42. The van der Waals surface area contributed by atoms with Crippen molar-refractivity contribution in [3.63, 3.8) is 0 Å². The third-order valence-corrected chi connectivity index (χ3v) is 4.32. The number of imidazole rings is 1. The molecule has 1 aliphatic rings. The van der Waals surface area contributed by atoms with E-state index in [9.17, 15) is 0 Å². The number of hydrogen-bond donors (Lipinski definition) is 1. The molecule has 1 aromatic carbocycles. The van der Waals surface area contributed by atoms with E-state index >= 15 is 0 Å². The summed E-state index contributed by atoms with van der Waals surface area (Å²) in [5.41, 5.74) is 2.14. The molecule has 0 bridgehead atoms. The highest BCUT2D eigenvalue weighted by Crippen LogP contribution is 2.21. The Hall–Kier alpha value is -1.14. The first-order chi connectivity index (χ1) is 10.8. The van der Waals surface area contributed by atoms with Crippen LogP contribution in [-0.2, 0) is 17.8 Å². The average Bonchev–Trinajstić information content (AvgIpc) is 2.86. The molecule has 0 aliphatic carbocycles. The van der Waals surface area contributed by atoms with Crippen molar-refractivity contribution < 1.29 is 4.74 Å². The monoisotopic (exact) mass is 322 g/mol. The minimum Gasteiger partial charge on any atom is -0.379 e. The number of ether oxygens (including phenoxy) is 1. The minimum absolute atomic E-state index is 0.762. The number of benzene rings is 1. The first kappa shape index (κ1) is 15.7. The number of aryl methyl sites for hydroxylation is 1. The lowest BCUT2D eigenvalue weighted by atomic mass is 10.3. The van der Waals surface area contributed by atoms with Crippen LogP contribution < -0.4 is 5.32 Å². The van der Waals surface area contributed by atoms with Crippen molar-refractivity contribution in [3.05, 3.63) is 29.0 Å². The van der Waals surface area contributed by atoms with Crippen LogP contribution in [0.25, 0.3) is 11.0 Å². The van der Waals surface area contributed by atoms with Gasteiger partial charge in [0.05, 0.1) is 30.8 Å². The van der Waals surface area contributed by atoms with Gasteiger partial charge in [-0.25, -0.2) is 4.98 Å². The molecule has 0 radical (unpaired) electrons. The first-order valence-electron chi connectivity index (χ1n) is 7.87. The Morgan fingerprint density at radius 1 is 1.27 bits per heavy atom. The molecule has 22 heavy (non-hydrogen) atoms. The second-order valence-electron chi connectivity index (χ2n) is 5.65. The highest BCUT2D eigenvalue weighted by molar-refractivity contribution is 6.31. The van der Waals surface area contributed by atoms with Gasteiger partial charge < -0.3 is 14.6 Å². The molecule has 1 aliphatic heterocycles. The standard InChI is InChI=1S/C16H23ClN4O/c1-18-12-16-19-14-4-3-13(17)11-15(14)21(16)6-2-5-20-7-9-22-10-8-20/h3-4,11,18H,2,5-10,12H2,1H3. The third kappa shape index (κ3) is 3.60. The molecule has 1 saturated heterocycles. The van der Waals surface area contributed by atoms with Crippen LogP contribution in [0.15, 0.2) is 18.2 Å². The lowest BCUT2D eigenvalue weighted by molar-refractivity contribution is 0.0369. The zero-order valence-electron chi connectivity index (χ0n) is 13.0. The van der Waals surface area contributed by atoms with Crippen LogP contribution in [0.5, 0.6) is 0 Å². The summed E-state index contributed by atoms with van der Waals surface area (Å²) in [6.07, 6.45) is 1.11. The maximum atomic E-state index is 6.15. The summed E-state index contributed by atoms with van der Waals surface area (Å²) in [6, 6.07) is 5.91. The molecule has 120 valence electrons. The zero-order chi connectivity index (χ0) is 15.4. The van der Waals surface area contributed by atoms with E-state index < -0.39 is 0 Å². The topological polar surface area (TPSA) is 42.3 Å². The molecule has 1 fully saturated rings. The Morgan fingerprint density at radius 2 is 2.09 bits per heavy atom. The van der Waals surface area contributed by atoms with Gasteiger partial charge in [-0.1, -0.05) is 11.6 Å². The summed E-state index contributed by atoms with van der Waals surface area (Å²) in [4.78, 5) is 7.18. The maximum absolute atomic E-state index is 6.15. The molecule has 0 spiro atoms. The highest BCUT2D eigenvalue weighted by Gasteiger charge is 2.13. The maximum Gasteiger partial charge on any atom is 0.123 e. The van der Waals surface area contributed by atoms with Gasteiger partial charge in [0, 0.05) is 31.2 Å². The van der Waals surface area contributed by atoms with E-state index in [0.717, 1.165) is 74.2 Å². The average molecular weight is 323 g/mol. The molecule has 1 N–H and O–H groups in total. The van der Waals surface area contributed by atoms with E-state index in [4.69, 9.17) is 21.3 Å². The normalized spacial score (nSPS) is 16.5. The van der Waals surface area contributed by atoms with Gasteiger partial charge in [0.2, 0.25) is 0 Å². The SMILES string of the molecule is CNCc1nc2ccc(Cl)cc2n1CCCN1CCOCC1. The Kier molecular flexibility index (Phi) is 5.31. The number of rotatable bonds is 6. The van der Waals surface area contributed by atoms with Gasteiger partial charge in [-0.2, -0.15) is 0 Å². The van der Waals surface area contributed by atoms with Crippen molar-refractivity contribution in [2.75, 3.05) is 39.9 Å². The number of nitrogens with zero attached hydrogens (tertiary/aromatic N) is 3. The zero-order valence-corrected chi connectivity index (χ0v) is 13.8. The van der Waals surface area contributed by atoms with Crippen LogP contribution in [0.1, 0.15) is 12.2 Å². The molecule has 2 aromatic rings. The fourth-order valence-electron chi connectivity index (χ4n) is 2.97. The molecule has 0 atom stereocenters. The number of halogens is 1.